The van der Waals surface area contributed by atoms with Crippen LogP contribution in [0.3, 0.4) is 0 Å². The molecule has 0 saturated carbocycles. The van der Waals surface area contributed by atoms with Crippen molar-refractivity contribution in [3.63, 3.8) is 0 Å². The van der Waals surface area contributed by atoms with Gasteiger partial charge in [-0.05, 0) is 18.3 Å². The number of anilines is 2. The molecule has 1 aliphatic rings. The number of hydrogen-bond acceptors (Lipinski definition) is 5. The van der Waals surface area contributed by atoms with Gasteiger partial charge in [-0.3, -0.25) is 0 Å². The van der Waals surface area contributed by atoms with Gasteiger partial charge < -0.3 is 15.4 Å². The van der Waals surface area contributed by atoms with E-state index in [2.05, 4.69) is 28.7 Å². The Balaban J connectivity index is 2.23. The Hall–Kier alpha value is -1.52. The van der Waals surface area contributed by atoms with E-state index in [9.17, 15) is 0 Å². The van der Waals surface area contributed by atoms with Gasteiger partial charge in [-0.1, -0.05) is 13.8 Å². The molecule has 2 atom stereocenters. The van der Waals surface area contributed by atoms with E-state index in [1.165, 1.54) is 12.7 Å². The number of methoxy groups -OCH3 is 1. The summed E-state index contributed by atoms with van der Waals surface area (Å²) in [6.07, 6.45) is 2.68. The molecule has 17 heavy (non-hydrogen) atoms. The number of nitrogens with two attached hydrogens (primary N) is 1. The van der Waals surface area contributed by atoms with Crippen LogP contribution in [0.4, 0.5) is 11.5 Å². The Kier molecular flexibility index (Phi) is 3.36. The molecule has 1 fully saturated rings. The fourth-order valence-electron chi connectivity index (χ4n) is 2.24. The van der Waals surface area contributed by atoms with E-state index in [4.69, 9.17) is 10.5 Å². The average Bonchev–Trinajstić information content (AvgIpc) is 2.33. The van der Waals surface area contributed by atoms with Gasteiger partial charge in [-0.2, -0.15) is 4.98 Å². The molecule has 2 heterocycles. The minimum atomic E-state index is 0.460. The number of hydrogen-bond donors (Lipinski definition) is 1. The lowest BCUT2D eigenvalue weighted by Gasteiger charge is -2.36. The summed E-state index contributed by atoms with van der Waals surface area (Å²) in [5, 5.41) is 0. The quantitative estimate of drug-likeness (QED) is 0.844. The third kappa shape index (κ3) is 2.28. The molecule has 0 bridgehead atoms. The van der Waals surface area contributed by atoms with Crippen LogP contribution in [-0.2, 0) is 0 Å². The van der Waals surface area contributed by atoms with Crippen molar-refractivity contribution in [1.29, 1.82) is 0 Å². The van der Waals surface area contributed by atoms with Crippen molar-refractivity contribution in [3.8, 4) is 5.88 Å². The van der Waals surface area contributed by atoms with Gasteiger partial charge in [0.1, 0.15) is 12.0 Å². The van der Waals surface area contributed by atoms with Gasteiger partial charge in [-0.25, -0.2) is 4.98 Å². The lowest BCUT2D eigenvalue weighted by molar-refractivity contribution is 0.322. The summed E-state index contributed by atoms with van der Waals surface area (Å²) in [5.74, 6) is 2.68. The zero-order chi connectivity index (χ0) is 12.4. The molecular weight excluding hydrogens is 216 g/mol. The first-order chi connectivity index (χ1) is 8.13. The van der Waals surface area contributed by atoms with E-state index in [1.807, 2.05) is 0 Å². The maximum absolute atomic E-state index is 6.01. The molecule has 1 saturated heterocycles. The van der Waals surface area contributed by atoms with Crippen LogP contribution >= 0.6 is 0 Å². The SMILES string of the molecule is COc1ncnc(N2CCC(C)C(C)C2)c1N. The minimum absolute atomic E-state index is 0.460. The van der Waals surface area contributed by atoms with E-state index in [-0.39, 0.29) is 0 Å². The topological polar surface area (TPSA) is 64.3 Å². The standard InChI is InChI=1S/C12H20N4O/c1-8-4-5-16(6-9(8)2)11-10(13)12(17-3)15-7-14-11/h7-9H,4-6,13H2,1-3H3. The largest absolute Gasteiger partial charge is 0.479 e. The molecule has 2 N–H and O–H groups in total. The van der Waals surface area contributed by atoms with Gasteiger partial charge in [0, 0.05) is 13.1 Å². The Bertz CT molecular complexity index is 396. The molecule has 1 aromatic heterocycles. The van der Waals surface area contributed by atoms with Crippen LogP contribution in [0.25, 0.3) is 0 Å². The fourth-order valence-corrected chi connectivity index (χ4v) is 2.24. The molecule has 0 amide bonds. The normalized spacial score (nSPS) is 24.8. The van der Waals surface area contributed by atoms with Crippen LogP contribution in [0.1, 0.15) is 20.3 Å². The number of nitrogen functional groups attached to an aromatic ring is 1. The highest BCUT2D eigenvalue weighted by Gasteiger charge is 2.25. The van der Waals surface area contributed by atoms with E-state index in [1.54, 1.807) is 7.11 Å². The van der Waals surface area contributed by atoms with Crippen molar-refractivity contribution in [2.24, 2.45) is 11.8 Å². The van der Waals surface area contributed by atoms with Crippen molar-refractivity contribution in [1.82, 2.24) is 9.97 Å². The zero-order valence-electron chi connectivity index (χ0n) is 10.7. The van der Waals surface area contributed by atoms with Crippen LogP contribution in [-0.4, -0.2) is 30.2 Å². The summed E-state index contributed by atoms with van der Waals surface area (Å²) in [5.41, 5.74) is 6.55. The Morgan fingerprint density at radius 2 is 2.12 bits per heavy atom. The average molecular weight is 236 g/mol. The highest BCUT2D eigenvalue weighted by molar-refractivity contribution is 5.67. The maximum atomic E-state index is 6.01. The van der Waals surface area contributed by atoms with Crippen molar-refractivity contribution < 1.29 is 4.74 Å². The van der Waals surface area contributed by atoms with E-state index >= 15 is 0 Å². The third-order valence-electron chi connectivity index (χ3n) is 3.65. The molecule has 5 heteroatoms. The summed E-state index contributed by atoms with van der Waals surface area (Å²) in [6.45, 7) is 6.55. The molecule has 0 aromatic carbocycles. The minimum Gasteiger partial charge on any atom is -0.479 e. The van der Waals surface area contributed by atoms with Crippen LogP contribution in [0.2, 0.25) is 0 Å². The van der Waals surface area contributed by atoms with Gasteiger partial charge in [0.25, 0.3) is 0 Å². The number of ether oxygens (including phenoxy) is 1. The monoisotopic (exact) mass is 236 g/mol. The Morgan fingerprint density at radius 1 is 1.35 bits per heavy atom. The van der Waals surface area contributed by atoms with Gasteiger partial charge >= 0.3 is 0 Å². The second-order valence-electron chi connectivity index (χ2n) is 4.81. The first kappa shape index (κ1) is 12.0. The van der Waals surface area contributed by atoms with Crippen LogP contribution in [0.5, 0.6) is 5.88 Å². The van der Waals surface area contributed by atoms with Crippen LogP contribution in [0.15, 0.2) is 6.33 Å². The molecule has 1 aliphatic heterocycles. The van der Waals surface area contributed by atoms with Gasteiger partial charge in [0.2, 0.25) is 5.88 Å². The van der Waals surface area contributed by atoms with E-state index in [0.29, 0.717) is 17.5 Å². The van der Waals surface area contributed by atoms with Crippen LogP contribution < -0.4 is 15.4 Å². The van der Waals surface area contributed by atoms with E-state index in [0.717, 1.165) is 24.8 Å². The maximum Gasteiger partial charge on any atom is 0.242 e. The van der Waals surface area contributed by atoms with Crippen LogP contribution in [0, 0.1) is 11.8 Å². The zero-order valence-corrected chi connectivity index (χ0v) is 10.7. The second kappa shape index (κ2) is 4.77. The third-order valence-corrected chi connectivity index (χ3v) is 3.65. The summed E-state index contributed by atoms with van der Waals surface area (Å²) in [7, 11) is 1.57. The highest BCUT2D eigenvalue weighted by Crippen LogP contribution is 2.32. The number of aromatic nitrogens is 2. The first-order valence-electron chi connectivity index (χ1n) is 6.03. The van der Waals surface area contributed by atoms with Gasteiger partial charge in [0.15, 0.2) is 5.82 Å². The predicted molar refractivity (Wildman–Crippen MR) is 68.2 cm³/mol. The Morgan fingerprint density at radius 3 is 2.76 bits per heavy atom. The van der Waals surface area contributed by atoms with Crippen molar-refractivity contribution in [3.05, 3.63) is 6.33 Å². The van der Waals surface area contributed by atoms with Gasteiger partial charge in [0.05, 0.1) is 7.11 Å². The summed E-state index contributed by atoms with van der Waals surface area (Å²) in [6, 6.07) is 0. The van der Waals surface area contributed by atoms with Crippen molar-refractivity contribution in [2.45, 2.75) is 20.3 Å². The molecule has 1 aromatic rings. The molecule has 94 valence electrons. The van der Waals surface area contributed by atoms with Crippen molar-refractivity contribution in [2.75, 3.05) is 30.8 Å². The smallest absolute Gasteiger partial charge is 0.242 e. The lowest BCUT2D eigenvalue weighted by atomic mass is 9.89. The Labute approximate surface area is 102 Å². The van der Waals surface area contributed by atoms with Crippen molar-refractivity contribution >= 4 is 11.5 Å². The molecule has 2 rings (SSSR count). The van der Waals surface area contributed by atoms with Gasteiger partial charge in [-0.15, -0.1) is 0 Å². The fraction of sp³-hybridized carbons (Fsp3) is 0.667. The predicted octanol–water partition coefficient (Wildman–Crippen LogP) is 1.55. The summed E-state index contributed by atoms with van der Waals surface area (Å²) >= 11 is 0. The first-order valence-corrected chi connectivity index (χ1v) is 6.03. The lowest BCUT2D eigenvalue weighted by Crippen LogP contribution is -2.39. The summed E-state index contributed by atoms with van der Waals surface area (Å²) < 4.78 is 5.12. The molecule has 5 nitrogen and oxygen atoms in total. The molecular formula is C12H20N4O. The van der Waals surface area contributed by atoms with E-state index < -0.39 is 0 Å². The number of nitrogens with zero attached hydrogens (tertiary/aromatic N) is 3. The highest BCUT2D eigenvalue weighted by atomic mass is 16.5. The second-order valence-corrected chi connectivity index (χ2v) is 4.81. The molecule has 0 aliphatic carbocycles. The number of rotatable bonds is 2. The molecule has 0 radical (unpaired) electrons. The summed E-state index contributed by atoms with van der Waals surface area (Å²) in [4.78, 5) is 10.5. The molecule has 0 spiro atoms. The molecule has 2 unspecified atom stereocenters. The number of piperidine rings is 1.